The summed E-state index contributed by atoms with van der Waals surface area (Å²) in [6.07, 6.45) is 0. The lowest BCUT2D eigenvalue weighted by molar-refractivity contribution is 0.589. The summed E-state index contributed by atoms with van der Waals surface area (Å²) < 4.78 is 32.2. The maximum Gasteiger partial charge on any atom is 0.264 e. The molecule has 0 amide bonds. The second-order valence-corrected chi connectivity index (χ2v) is 9.84. The topological polar surface area (TPSA) is 89.6 Å². The molecule has 0 bridgehead atoms. The summed E-state index contributed by atoms with van der Waals surface area (Å²) in [5.74, 6) is 0.787. The molecule has 5 aromatic rings. The standard InChI is InChI=1S/C25H23N5O3S/c1-3-28-24(31)21-11-7-8-12-22(21)30-23(26-27-25(28)30)17-29(19-9-5-4-6-10-19)34(32,33)20-15-13-18(2)14-16-20/h4-16H,3,17H2,1-2H3. The molecule has 172 valence electrons. The van der Waals surface area contributed by atoms with Crippen LogP contribution in [-0.4, -0.2) is 27.6 Å². The third-order valence-corrected chi connectivity index (χ3v) is 7.62. The van der Waals surface area contributed by atoms with Gasteiger partial charge in [0.25, 0.3) is 15.6 Å². The first kappa shape index (κ1) is 21.8. The van der Waals surface area contributed by atoms with Crippen molar-refractivity contribution in [1.82, 2.24) is 19.2 Å². The van der Waals surface area contributed by atoms with E-state index in [4.69, 9.17) is 0 Å². The van der Waals surface area contributed by atoms with Gasteiger partial charge in [0, 0.05) is 6.54 Å². The van der Waals surface area contributed by atoms with Crippen LogP contribution in [0.2, 0.25) is 0 Å². The highest BCUT2D eigenvalue weighted by atomic mass is 32.2. The van der Waals surface area contributed by atoms with Crippen molar-refractivity contribution >= 4 is 32.4 Å². The number of anilines is 1. The first-order valence-electron chi connectivity index (χ1n) is 10.9. The molecular formula is C25H23N5O3S. The molecule has 9 heteroatoms. The zero-order chi connectivity index (χ0) is 23.9. The summed E-state index contributed by atoms with van der Waals surface area (Å²) in [5, 5.41) is 9.12. The average molecular weight is 474 g/mol. The van der Waals surface area contributed by atoms with E-state index in [-0.39, 0.29) is 17.0 Å². The fourth-order valence-electron chi connectivity index (χ4n) is 4.08. The van der Waals surface area contributed by atoms with Crippen LogP contribution in [-0.2, 0) is 23.1 Å². The number of rotatable bonds is 6. The number of benzene rings is 3. The van der Waals surface area contributed by atoms with Crippen LogP contribution in [0.5, 0.6) is 0 Å². The molecule has 0 fully saturated rings. The van der Waals surface area contributed by atoms with Crippen molar-refractivity contribution in [1.29, 1.82) is 0 Å². The number of aryl methyl sites for hydroxylation is 2. The Hall–Kier alpha value is -3.98. The number of fused-ring (bicyclic) bond motifs is 3. The van der Waals surface area contributed by atoms with Gasteiger partial charge in [-0.25, -0.2) is 8.42 Å². The van der Waals surface area contributed by atoms with Gasteiger partial charge < -0.3 is 0 Å². The summed E-state index contributed by atoms with van der Waals surface area (Å²) in [6, 6.07) is 22.9. The molecule has 2 heterocycles. The Labute approximate surface area is 196 Å². The number of nitrogens with zero attached hydrogens (tertiary/aromatic N) is 5. The van der Waals surface area contributed by atoms with Crippen molar-refractivity contribution in [2.24, 2.45) is 0 Å². The molecule has 0 N–H and O–H groups in total. The maximum atomic E-state index is 13.8. The summed E-state index contributed by atoms with van der Waals surface area (Å²) in [7, 11) is -3.91. The van der Waals surface area contributed by atoms with Gasteiger partial charge in [-0.2, -0.15) is 0 Å². The van der Waals surface area contributed by atoms with Gasteiger partial charge in [0.05, 0.1) is 28.0 Å². The van der Waals surface area contributed by atoms with E-state index in [0.29, 0.717) is 34.7 Å². The van der Waals surface area contributed by atoms with Gasteiger partial charge in [0.2, 0.25) is 5.78 Å². The van der Waals surface area contributed by atoms with Gasteiger partial charge in [-0.05, 0) is 50.2 Å². The highest BCUT2D eigenvalue weighted by Crippen LogP contribution is 2.26. The van der Waals surface area contributed by atoms with Crippen LogP contribution in [0, 0.1) is 6.92 Å². The van der Waals surface area contributed by atoms with Crippen LogP contribution in [0.25, 0.3) is 16.7 Å². The minimum Gasteiger partial charge on any atom is -0.277 e. The zero-order valence-electron chi connectivity index (χ0n) is 18.8. The Bertz CT molecular complexity index is 1660. The molecule has 0 aliphatic rings. The molecule has 0 aliphatic heterocycles. The van der Waals surface area contributed by atoms with Gasteiger partial charge in [0.1, 0.15) is 0 Å². The highest BCUT2D eigenvalue weighted by molar-refractivity contribution is 7.92. The van der Waals surface area contributed by atoms with Gasteiger partial charge in [-0.3, -0.25) is 18.1 Å². The van der Waals surface area contributed by atoms with E-state index in [1.54, 1.807) is 69.6 Å². The lowest BCUT2D eigenvalue weighted by Crippen LogP contribution is -2.31. The fourth-order valence-corrected chi connectivity index (χ4v) is 5.50. The predicted molar refractivity (Wildman–Crippen MR) is 131 cm³/mol. The zero-order valence-corrected chi connectivity index (χ0v) is 19.6. The highest BCUT2D eigenvalue weighted by Gasteiger charge is 2.28. The van der Waals surface area contributed by atoms with Gasteiger partial charge in [-0.15, -0.1) is 10.2 Å². The van der Waals surface area contributed by atoms with E-state index in [2.05, 4.69) is 10.2 Å². The van der Waals surface area contributed by atoms with Crippen molar-refractivity contribution in [3.8, 4) is 0 Å². The molecule has 0 saturated carbocycles. The van der Waals surface area contributed by atoms with E-state index >= 15 is 0 Å². The summed E-state index contributed by atoms with van der Waals surface area (Å²) in [5.41, 5.74) is 1.95. The maximum absolute atomic E-state index is 13.8. The number of sulfonamides is 1. The van der Waals surface area contributed by atoms with Crippen molar-refractivity contribution in [3.63, 3.8) is 0 Å². The Kier molecular flexibility index (Phi) is 5.41. The lowest BCUT2D eigenvalue weighted by atomic mass is 10.2. The number of para-hydroxylation sites is 2. The second kappa shape index (κ2) is 8.42. The van der Waals surface area contributed by atoms with Gasteiger partial charge in [0.15, 0.2) is 5.82 Å². The molecule has 0 unspecified atom stereocenters. The predicted octanol–water partition coefficient (Wildman–Crippen LogP) is 3.77. The SMILES string of the molecule is CCn1c(=O)c2ccccc2n2c(CN(c3ccccc3)S(=O)(=O)c3ccc(C)cc3)nnc12. The number of hydrogen-bond donors (Lipinski definition) is 0. The first-order chi connectivity index (χ1) is 16.4. The minimum atomic E-state index is -3.91. The molecule has 2 aromatic heterocycles. The second-order valence-electron chi connectivity index (χ2n) is 7.98. The largest absolute Gasteiger partial charge is 0.277 e. The van der Waals surface area contributed by atoms with Crippen LogP contribution < -0.4 is 9.86 Å². The van der Waals surface area contributed by atoms with Crippen LogP contribution in [0.4, 0.5) is 5.69 Å². The Morgan fingerprint density at radius 3 is 2.26 bits per heavy atom. The molecule has 8 nitrogen and oxygen atoms in total. The average Bonchev–Trinajstić information content (AvgIpc) is 3.27. The Morgan fingerprint density at radius 2 is 1.56 bits per heavy atom. The van der Waals surface area contributed by atoms with Crippen LogP contribution in [0.1, 0.15) is 18.3 Å². The normalized spacial score (nSPS) is 11.8. The van der Waals surface area contributed by atoms with E-state index in [1.165, 1.54) is 4.31 Å². The molecule has 0 spiro atoms. The number of aromatic nitrogens is 4. The molecule has 0 aliphatic carbocycles. The minimum absolute atomic E-state index is 0.0622. The van der Waals surface area contributed by atoms with Crippen molar-refractivity contribution < 1.29 is 8.42 Å². The van der Waals surface area contributed by atoms with E-state index in [0.717, 1.165) is 5.56 Å². The van der Waals surface area contributed by atoms with Crippen molar-refractivity contribution in [2.45, 2.75) is 31.8 Å². The van der Waals surface area contributed by atoms with Crippen molar-refractivity contribution in [2.75, 3.05) is 4.31 Å². The quantitative estimate of drug-likeness (QED) is 0.375. The van der Waals surface area contributed by atoms with Crippen LogP contribution in [0.15, 0.2) is 88.6 Å². The number of hydrogen-bond acceptors (Lipinski definition) is 5. The molecular weight excluding hydrogens is 450 g/mol. The third-order valence-electron chi connectivity index (χ3n) is 5.83. The molecule has 34 heavy (non-hydrogen) atoms. The monoisotopic (exact) mass is 473 g/mol. The summed E-state index contributed by atoms with van der Waals surface area (Å²) in [6.45, 7) is 4.12. The molecule has 0 radical (unpaired) electrons. The molecule has 0 saturated heterocycles. The lowest BCUT2D eigenvalue weighted by Gasteiger charge is -2.24. The summed E-state index contributed by atoms with van der Waals surface area (Å²) >= 11 is 0. The summed E-state index contributed by atoms with van der Waals surface area (Å²) in [4.78, 5) is 13.2. The van der Waals surface area contributed by atoms with Crippen LogP contribution in [0.3, 0.4) is 0 Å². The Balaban J connectivity index is 1.73. The first-order valence-corrected chi connectivity index (χ1v) is 12.4. The molecule has 5 rings (SSSR count). The molecule has 0 atom stereocenters. The van der Waals surface area contributed by atoms with Crippen LogP contribution >= 0.6 is 0 Å². The smallest absolute Gasteiger partial charge is 0.264 e. The van der Waals surface area contributed by atoms with Gasteiger partial charge in [-0.1, -0.05) is 48.0 Å². The Morgan fingerprint density at radius 1 is 0.882 bits per heavy atom. The van der Waals surface area contributed by atoms with E-state index < -0.39 is 10.0 Å². The van der Waals surface area contributed by atoms with Crippen molar-refractivity contribution in [3.05, 3.63) is 101 Å². The third kappa shape index (κ3) is 3.54. The van der Waals surface area contributed by atoms with E-state index in [9.17, 15) is 13.2 Å². The molecule has 3 aromatic carbocycles. The van der Waals surface area contributed by atoms with Gasteiger partial charge >= 0.3 is 0 Å². The van der Waals surface area contributed by atoms with E-state index in [1.807, 2.05) is 32.0 Å². The fraction of sp³-hybridized carbons (Fsp3) is 0.160.